The average molecular weight is 329 g/mol. The van der Waals surface area contributed by atoms with Crippen LogP contribution in [0.5, 0.6) is 5.75 Å². The van der Waals surface area contributed by atoms with Crippen molar-refractivity contribution in [3.63, 3.8) is 0 Å². The molecule has 7 heteroatoms. The van der Waals surface area contributed by atoms with Crippen molar-refractivity contribution >= 4 is 11.7 Å². The lowest BCUT2D eigenvalue weighted by Crippen LogP contribution is -2.37. The van der Waals surface area contributed by atoms with E-state index in [0.29, 0.717) is 5.69 Å². The minimum Gasteiger partial charge on any atom is -0.473 e. The normalized spacial score (nSPS) is 13.0. The molecule has 0 saturated heterocycles. The highest BCUT2D eigenvalue weighted by atomic mass is 16.6. The van der Waals surface area contributed by atoms with Gasteiger partial charge in [-0.3, -0.25) is 4.79 Å². The highest BCUT2D eigenvalue weighted by molar-refractivity contribution is 5.81. The summed E-state index contributed by atoms with van der Waals surface area (Å²) in [5, 5.41) is 13.9. The van der Waals surface area contributed by atoms with Crippen LogP contribution in [0.1, 0.15) is 31.1 Å². The Labute approximate surface area is 139 Å². The number of aryl methyl sites for hydroxylation is 1. The van der Waals surface area contributed by atoms with Gasteiger partial charge in [-0.25, -0.2) is 0 Å². The van der Waals surface area contributed by atoms with Gasteiger partial charge in [-0.05, 0) is 41.5 Å². The SMILES string of the molecule is Cc1ccc(O[C@@H](C)C(=O)N[C@H](C)c2ccccc2)c([N+](=O)[O-])n1. The van der Waals surface area contributed by atoms with Crippen LogP contribution in [0, 0.1) is 17.0 Å². The molecule has 1 N–H and O–H groups in total. The summed E-state index contributed by atoms with van der Waals surface area (Å²) in [6.07, 6.45) is -0.889. The number of ether oxygens (including phenoxy) is 1. The van der Waals surface area contributed by atoms with E-state index in [2.05, 4.69) is 10.3 Å². The minimum atomic E-state index is -0.889. The Bertz CT molecular complexity index is 734. The minimum absolute atomic E-state index is 0.0272. The summed E-state index contributed by atoms with van der Waals surface area (Å²) in [5.74, 6) is -0.785. The molecule has 0 fully saturated rings. The van der Waals surface area contributed by atoms with Gasteiger partial charge in [0, 0.05) is 6.92 Å². The molecule has 0 bridgehead atoms. The van der Waals surface area contributed by atoms with Crippen LogP contribution in [0.2, 0.25) is 0 Å². The Kier molecular flexibility index (Phi) is 5.47. The molecule has 0 radical (unpaired) electrons. The molecule has 1 heterocycles. The Hall–Kier alpha value is -2.96. The molecule has 24 heavy (non-hydrogen) atoms. The van der Waals surface area contributed by atoms with Gasteiger partial charge >= 0.3 is 5.82 Å². The molecule has 1 aromatic heterocycles. The van der Waals surface area contributed by atoms with Gasteiger partial charge in [0.25, 0.3) is 5.91 Å². The number of nitro groups is 1. The third kappa shape index (κ3) is 4.28. The van der Waals surface area contributed by atoms with E-state index in [4.69, 9.17) is 4.74 Å². The van der Waals surface area contributed by atoms with Crippen molar-refractivity contribution in [1.29, 1.82) is 0 Å². The van der Waals surface area contributed by atoms with Gasteiger partial charge in [-0.1, -0.05) is 30.3 Å². The summed E-state index contributed by atoms with van der Waals surface area (Å²) in [6.45, 7) is 5.04. The fraction of sp³-hybridized carbons (Fsp3) is 0.294. The second-order valence-corrected chi connectivity index (χ2v) is 5.43. The van der Waals surface area contributed by atoms with Crippen LogP contribution in [-0.4, -0.2) is 21.9 Å². The van der Waals surface area contributed by atoms with Gasteiger partial charge in [0.15, 0.2) is 6.10 Å². The second-order valence-electron chi connectivity index (χ2n) is 5.43. The van der Waals surface area contributed by atoms with Crippen molar-refractivity contribution in [3.8, 4) is 5.75 Å². The second kappa shape index (κ2) is 7.54. The van der Waals surface area contributed by atoms with Crippen molar-refractivity contribution in [2.24, 2.45) is 0 Å². The molecule has 1 aromatic carbocycles. The number of benzene rings is 1. The van der Waals surface area contributed by atoms with E-state index in [0.717, 1.165) is 5.56 Å². The lowest BCUT2D eigenvalue weighted by molar-refractivity contribution is -0.390. The van der Waals surface area contributed by atoms with E-state index in [1.807, 2.05) is 37.3 Å². The van der Waals surface area contributed by atoms with E-state index >= 15 is 0 Å². The maximum absolute atomic E-state index is 12.3. The summed E-state index contributed by atoms with van der Waals surface area (Å²) in [4.78, 5) is 26.5. The summed E-state index contributed by atoms with van der Waals surface area (Å²) in [5.41, 5.74) is 1.46. The van der Waals surface area contributed by atoms with E-state index in [-0.39, 0.29) is 17.7 Å². The van der Waals surface area contributed by atoms with Crippen molar-refractivity contribution in [2.45, 2.75) is 32.9 Å². The number of hydrogen-bond donors (Lipinski definition) is 1. The van der Waals surface area contributed by atoms with Crippen molar-refractivity contribution in [1.82, 2.24) is 10.3 Å². The van der Waals surface area contributed by atoms with Crippen LogP contribution in [0.15, 0.2) is 42.5 Å². The number of pyridine rings is 1. The summed E-state index contributed by atoms with van der Waals surface area (Å²) in [7, 11) is 0. The van der Waals surface area contributed by atoms with E-state index < -0.39 is 16.8 Å². The molecular formula is C17H19N3O4. The van der Waals surface area contributed by atoms with E-state index in [1.54, 1.807) is 13.0 Å². The first-order chi connectivity index (χ1) is 11.4. The smallest absolute Gasteiger partial charge is 0.406 e. The third-order valence-electron chi connectivity index (χ3n) is 3.48. The number of hydrogen-bond acceptors (Lipinski definition) is 5. The molecule has 126 valence electrons. The number of carbonyl (C=O) groups excluding carboxylic acids is 1. The molecular weight excluding hydrogens is 310 g/mol. The first-order valence-corrected chi connectivity index (χ1v) is 7.52. The predicted octanol–water partition coefficient (Wildman–Crippen LogP) is 2.94. The number of nitrogens with zero attached hydrogens (tertiary/aromatic N) is 2. The molecule has 2 aromatic rings. The fourth-order valence-electron chi connectivity index (χ4n) is 2.15. The zero-order valence-corrected chi connectivity index (χ0v) is 13.7. The average Bonchev–Trinajstić information content (AvgIpc) is 2.56. The van der Waals surface area contributed by atoms with Crippen molar-refractivity contribution < 1.29 is 14.5 Å². The molecule has 0 aliphatic heterocycles. The first-order valence-electron chi connectivity index (χ1n) is 7.52. The molecule has 0 spiro atoms. The highest BCUT2D eigenvalue weighted by Crippen LogP contribution is 2.25. The number of amides is 1. The summed E-state index contributed by atoms with van der Waals surface area (Å²) in [6, 6.07) is 12.3. The quantitative estimate of drug-likeness (QED) is 0.649. The molecule has 0 unspecified atom stereocenters. The monoisotopic (exact) mass is 329 g/mol. The lowest BCUT2D eigenvalue weighted by Gasteiger charge is -2.18. The topological polar surface area (TPSA) is 94.4 Å². The Morgan fingerprint density at radius 1 is 1.21 bits per heavy atom. The molecule has 1 amide bonds. The summed E-state index contributed by atoms with van der Waals surface area (Å²) >= 11 is 0. The van der Waals surface area contributed by atoms with Crippen molar-refractivity contribution in [2.75, 3.05) is 0 Å². The molecule has 2 atom stereocenters. The van der Waals surface area contributed by atoms with Crippen LogP contribution < -0.4 is 10.1 Å². The first kappa shape index (κ1) is 17.4. The number of aromatic nitrogens is 1. The largest absolute Gasteiger partial charge is 0.473 e. The molecule has 0 aliphatic rings. The molecule has 7 nitrogen and oxygen atoms in total. The maximum atomic E-state index is 12.3. The van der Waals surface area contributed by atoms with Gasteiger partial charge in [0.2, 0.25) is 5.75 Å². The molecule has 0 aliphatic carbocycles. The zero-order chi connectivity index (χ0) is 17.7. The molecule has 0 saturated carbocycles. The Morgan fingerprint density at radius 2 is 1.88 bits per heavy atom. The number of rotatable bonds is 6. The van der Waals surface area contributed by atoms with Gasteiger partial charge in [0.1, 0.15) is 5.69 Å². The predicted molar refractivity (Wildman–Crippen MR) is 88.7 cm³/mol. The third-order valence-corrected chi connectivity index (χ3v) is 3.48. The van der Waals surface area contributed by atoms with Crippen LogP contribution in [-0.2, 0) is 4.79 Å². The van der Waals surface area contributed by atoms with E-state index in [9.17, 15) is 14.9 Å². The Balaban J connectivity index is 2.06. The zero-order valence-electron chi connectivity index (χ0n) is 13.7. The lowest BCUT2D eigenvalue weighted by atomic mass is 10.1. The van der Waals surface area contributed by atoms with Crippen molar-refractivity contribution in [3.05, 3.63) is 63.8 Å². The number of nitrogens with one attached hydrogen (secondary N) is 1. The van der Waals surface area contributed by atoms with E-state index in [1.165, 1.54) is 13.0 Å². The molecule has 2 rings (SSSR count). The summed E-state index contributed by atoms with van der Waals surface area (Å²) < 4.78 is 5.44. The van der Waals surface area contributed by atoms with Crippen LogP contribution >= 0.6 is 0 Å². The van der Waals surface area contributed by atoms with Crippen LogP contribution in [0.4, 0.5) is 5.82 Å². The standard InChI is InChI=1S/C17H19N3O4/c1-11-9-10-15(16(18-11)20(22)23)24-13(3)17(21)19-12(2)14-7-5-4-6-8-14/h4-10,12-13H,1-3H3,(H,19,21)/t12-,13+/m1/s1. The maximum Gasteiger partial charge on any atom is 0.406 e. The van der Waals surface area contributed by atoms with Gasteiger partial charge in [0.05, 0.1) is 6.04 Å². The highest BCUT2D eigenvalue weighted by Gasteiger charge is 2.23. The van der Waals surface area contributed by atoms with Crippen LogP contribution in [0.3, 0.4) is 0 Å². The van der Waals surface area contributed by atoms with Crippen LogP contribution in [0.25, 0.3) is 0 Å². The van der Waals surface area contributed by atoms with Gasteiger partial charge < -0.3 is 20.2 Å². The van der Waals surface area contributed by atoms with Gasteiger partial charge in [-0.15, -0.1) is 0 Å². The fourth-order valence-corrected chi connectivity index (χ4v) is 2.15. The Morgan fingerprint density at radius 3 is 2.50 bits per heavy atom. The number of carbonyl (C=O) groups is 1. The van der Waals surface area contributed by atoms with Gasteiger partial charge in [-0.2, -0.15) is 0 Å².